The molecule has 4 rings (SSSR count). The molecule has 6 heteroatoms. The third-order valence-electron chi connectivity index (χ3n) is 4.65. The first kappa shape index (κ1) is 19.4. The van der Waals surface area contributed by atoms with E-state index in [1.165, 1.54) is 17.4 Å². The Bertz CT molecular complexity index is 1210. The van der Waals surface area contributed by atoms with Crippen molar-refractivity contribution in [1.82, 2.24) is 4.98 Å². The number of hydrogen-bond donors (Lipinski definition) is 1. The van der Waals surface area contributed by atoms with Crippen molar-refractivity contribution in [3.05, 3.63) is 76.0 Å². The summed E-state index contributed by atoms with van der Waals surface area (Å²) in [5.74, 6) is 1.03. The Morgan fingerprint density at radius 2 is 1.83 bits per heavy atom. The molecule has 0 bridgehead atoms. The summed E-state index contributed by atoms with van der Waals surface area (Å²) in [4.78, 5) is 16.8. The van der Waals surface area contributed by atoms with Crippen LogP contribution in [0.2, 0.25) is 5.02 Å². The fraction of sp³-hybridized carbons (Fsp3) is 0.130. The summed E-state index contributed by atoms with van der Waals surface area (Å²) in [6, 6.07) is 13.6. The number of hydrogen-bond acceptors (Lipinski definition) is 4. The first-order chi connectivity index (χ1) is 13.9. The quantitative estimate of drug-likeness (QED) is 0.368. The zero-order valence-corrected chi connectivity index (χ0v) is 17.8. The predicted octanol–water partition coefficient (Wildman–Crippen LogP) is 6.79. The van der Waals surface area contributed by atoms with Crippen LogP contribution in [0.15, 0.2) is 53.0 Å². The van der Waals surface area contributed by atoms with Crippen LogP contribution in [0, 0.1) is 20.8 Å². The Kier molecular flexibility index (Phi) is 5.26. The van der Waals surface area contributed by atoms with Crippen LogP contribution in [0.5, 0.6) is 0 Å². The number of amides is 1. The fourth-order valence-corrected chi connectivity index (χ4v) is 4.16. The molecule has 0 saturated heterocycles. The molecule has 2 aromatic heterocycles. The topological polar surface area (TPSA) is 55.1 Å². The molecular formula is C23H19ClN2O2S. The standard InChI is InChI=1S/C23H19ClN2O2S/c1-13-6-7-16(12-18(13)24)19-10-8-17(28-19)9-11-20(27)25-23-26-21-14(2)4-5-15(3)22(21)29-23/h4-12H,1-3H3,(H,25,26,27). The number of furan rings is 1. The minimum atomic E-state index is -0.254. The molecule has 0 radical (unpaired) electrons. The van der Waals surface area contributed by atoms with Gasteiger partial charge in [-0.05, 0) is 61.7 Å². The summed E-state index contributed by atoms with van der Waals surface area (Å²) in [7, 11) is 0. The van der Waals surface area contributed by atoms with Gasteiger partial charge in [-0.3, -0.25) is 10.1 Å². The summed E-state index contributed by atoms with van der Waals surface area (Å²) < 4.78 is 6.90. The Morgan fingerprint density at radius 3 is 2.59 bits per heavy atom. The maximum atomic E-state index is 12.3. The van der Waals surface area contributed by atoms with Gasteiger partial charge in [0.1, 0.15) is 11.5 Å². The normalized spacial score (nSPS) is 11.4. The van der Waals surface area contributed by atoms with E-state index >= 15 is 0 Å². The van der Waals surface area contributed by atoms with Crippen LogP contribution in [0.25, 0.3) is 27.6 Å². The summed E-state index contributed by atoms with van der Waals surface area (Å²) in [5, 5.41) is 4.11. The van der Waals surface area contributed by atoms with E-state index < -0.39 is 0 Å². The van der Waals surface area contributed by atoms with Crippen LogP contribution in [0.1, 0.15) is 22.5 Å². The zero-order valence-electron chi connectivity index (χ0n) is 16.2. The number of halogens is 1. The number of thiazole rings is 1. The van der Waals surface area contributed by atoms with E-state index in [2.05, 4.69) is 16.4 Å². The van der Waals surface area contributed by atoms with Gasteiger partial charge in [0, 0.05) is 16.7 Å². The number of nitrogens with one attached hydrogen (secondary N) is 1. The number of carbonyl (C=O) groups is 1. The highest BCUT2D eigenvalue weighted by molar-refractivity contribution is 7.22. The molecule has 0 atom stereocenters. The summed E-state index contributed by atoms with van der Waals surface area (Å²) in [5.41, 5.74) is 5.08. The van der Waals surface area contributed by atoms with E-state index in [4.69, 9.17) is 16.0 Å². The van der Waals surface area contributed by atoms with Crippen molar-refractivity contribution in [3.8, 4) is 11.3 Å². The largest absolute Gasteiger partial charge is 0.457 e. The van der Waals surface area contributed by atoms with Crippen molar-refractivity contribution >= 4 is 50.3 Å². The highest BCUT2D eigenvalue weighted by atomic mass is 35.5. The lowest BCUT2D eigenvalue weighted by Gasteiger charge is -2.00. The number of fused-ring (bicyclic) bond motifs is 1. The molecule has 1 N–H and O–H groups in total. The van der Waals surface area contributed by atoms with Gasteiger partial charge in [0.25, 0.3) is 0 Å². The van der Waals surface area contributed by atoms with E-state index in [9.17, 15) is 4.79 Å². The highest BCUT2D eigenvalue weighted by Crippen LogP contribution is 2.31. The van der Waals surface area contributed by atoms with Gasteiger partial charge in [0.15, 0.2) is 5.13 Å². The van der Waals surface area contributed by atoms with Crippen LogP contribution >= 0.6 is 22.9 Å². The summed E-state index contributed by atoms with van der Waals surface area (Å²) in [6.07, 6.45) is 3.08. The molecule has 1 amide bonds. The van der Waals surface area contributed by atoms with Gasteiger partial charge in [-0.25, -0.2) is 4.98 Å². The molecule has 29 heavy (non-hydrogen) atoms. The third kappa shape index (κ3) is 4.11. The Hall–Kier alpha value is -2.89. The Balaban J connectivity index is 1.48. The van der Waals surface area contributed by atoms with Crippen molar-refractivity contribution in [1.29, 1.82) is 0 Å². The van der Waals surface area contributed by atoms with Crippen molar-refractivity contribution in [2.45, 2.75) is 20.8 Å². The van der Waals surface area contributed by atoms with E-state index in [1.54, 1.807) is 6.08 Å². The summed E-state index contributed by atoms with van der Waals surface area (Å²) in [6.45, 7) is 6.01. The van der Waals surface area contributed by atoms with Crippen LogP contribution in [0.3, 0.4) is 0 Å². The van der Waals surface area contributed by atoms with Gasteiger partial charge >= 0.3 is 0 Å². The molecular weight excluding hydrogens is 404 g/mol. The minimum absolute atomic E-state index is 0.254. The Labute approximate surface area is 177 Å². The minimum Gasteiger partial charge on any atom is -0.457 e. The molecule has 0 aliphatic rings. The number of anilines is 1. The molecule has 0 spiro atoms. The molecule has 0 fully saturated rings. The van der Waals surface area contributed by atoms with Crippen LogP contribution < -0.4 is 5.32 Å². The molecule has 2 heterocycles. The lowest BCUT2D eigenvalue weighted by atomic mass is 10.1. The monoisotopic (exact) mass is 422 g/mol. The molecule has 4 nitrogen and oxygen atoms in total. The van der Waals surface area contributed by atoms with Gasteiger partial charge in [-0.2, -0.15) is 0 Å². The maximum Gasteiger partial charge on any atom is 0.250 e. The lowest BCUT2D eigenvalue weighted by Crippen LogP contribution is -2.07. The fourth-order valence-electron chi connectivity index (χ4n) is 2.96. The average molecular weight is 423 g/mol. The van der Waals surface area contributed by atoms with Gasteiger partial charge in [0.05, 0.1) is 10.2 Å². The third-order valence-corrected chi connectivity index (χ3v) is 6.17. The first-order valence-electron chi connectivity index (χ1n) is 9.13. The van der Waals surface area contributed by atoms with E-state index in [0.717, 1.165) is 32.5 Å². The van der Waals surface area contributed by atoms with E-state index in [0.29, 0.717) is 21.7 Å². The summed E-state index contributed by atoms with van der Waals surface area (Å²) >= 11 is 7.66. The average Bonchev–Trinajstić information content (AvgIpc) is 3.33. The molecule has 2 aromatic carbocycles. The second kappa shape index (κ2) is 7.85. The van der Waals surface area contributed by atoms with Crippen LogP contribution in [0.4, 0.5) is 5.13 Å². The van der Waals surface area contributed by atoms with Crippen molar-refractivity contribution in [3.63, 3.8) is 0 Å². The molecule has 0 aliphatic carbocycles. The van der Waals surface area contributed by atoms with E-state index in [1.807, 2.05) is 57.2 Å². The second-order valence-corrected chi connectivity index (χ2v) is 8.29. The molecule has 0 unspecified atom stereocenters. The number of nitrogens with zero attached hydrogens (tertiary/aromatic N) is 1. The smallest absolute Gasteiger partial charge is 0.250 e. The molecule has 0 saturated carbocycles. The Morgan fingerprint density at radius 1 is 1.07 bits per heavy atom. The highest BCUT2D eigenvalue weighted by Gasteiger charge is 2.10. The predicted molar refractivity (Wildman–Crippen MR) is 121 cm³/mol. The van der Waals surface area contributed by atoms with Crippen molar-refractivity contribution < 1.29 is 9.21 Å². The molecule has 4 aromatic rings. The number of rotatable bonds is 4. The maximum absolute atomic E-state index is 12.3. The van der Waals surface area contributed by atoms with Gasteiger partial charge < -0.3 is 4.42 Å². The lowest BCUT2D eigenvalue weighted by molar-refractivity contribution is -0.111. The van der Waals surface area contributed by atoms with Crippen LogP contribution in [-0.2, 0) is 4.79 Å². The van der Waals surface area contributed by atoms with Gasteiger partial charge in [-0.1, -0.05) is 47.2 Å². The second-order valence-electron chi connectivity index (χ2n) is 6.88. The number of aryl methyl sites for hydroxylation is 3. The van der Waals surface area contributed by atoms with Gasteiger partial charge in [0.2, 0.25) is 5.91 Å². The number of carbonyl (C=O) groups excluding carboxylic acids is 1. The zero-order chi connectivity index (χ0) is 20.5. The number of aromatic nitrogens is 1. The van der Waals surface area contributed by atoms with Crippen molar-refractivity contribution in [2.75, 3.05) is 5.32 Å². The molecule has 0 aliphatic heterocycles. The van der Waals surface area contributed by atoms with Crippen LogP contribution in [-0.4, -0.2) is 10.9 Å². The number of benzene rings is 2. The SMILES string of the molecule is Cc1ccc(-c2ccc(C=CC(=O)Nc3nc4c(C)ccc(C)c4s3)o2)cc1Cl. The first-order valence-corrected chi connectivity index (χ1v) is 10.3. The van der Waals surface area contributed by atoms with E-state index in [-0.39, 0.29) is 5.91 Å². The van der Waals surface area contributed by atoms with Gasteiger partial charge in [-0.15, -0.1) is 0 Å². The molecule has 146 valence electrons. The van der Waals surface area contributed by atoms with Crippen molar-refractivity contribution in [2.24, 2.45) is 0 Å².